The first-order valence-corrected chi connectivity index (χ1v) is 9.41. The van der Waals surface area contributed by atoms with Gasteiger partial charge < -0.3 is 4.90 Å². The zero-order valence-electron chi connectivity index (χ0n) is 15.9. The number of fused-ring (bicyclic) bond motifs is 1. The number of nitrogens with one attached hydrogen (secondary N) is 1. The molecule has 0 aliphatic carbocycles. The van der Waals surface area contributed by atoms with Gasteiger partial charge in [-0.2, -0.15) is 10.2 Å². The van der Waals surface area contributed by atoms with E-state index in [4.69, 9.17) is 0 Å². The second kappa shape index (κ2) is 7.06. The molecule has 0 spiro atoms. The third-order valence-electron chi connectivity index (χ3n) is 5.33. The van der Waals surface area contributed by atoms with Gasteiger partial charge in [-0.3, -0.25) is 14.2 Å². The second-order valence-electron chi connectivity index (χ2n) is 7.05. The number of aryl methyl sites for hydroxylation is 1. The molecule has 1 aromatic carbocycles. The molecule has 0 saturated carbocycles. The Kier molecular flexibility index (Phi) is 4.58. The van der Waals surface area contributed by atoms with Gasteiger partial charge in [0, 0.05) is 38.0 Å². The van der Waals surface area contributed by atoms with Crippen LogP contribution < -0.4 is 11.2 Å². The van der Waals surface area contributed by atoms with Crippen LogP contribution in [0.15, 0.2) is 33.9 Å². The van der Waals surface area contributed by atoms with Crippen molar-refractivity contribution in [3.8, 4) is 0 Å². The summed E-state index contributed by atoms with van der Waals surface area (Å²) in [7, 11) is 1.64. The zero-order valence-corrected chi connectivity index (χ0v) is 15.9. The van der Waals surface area contributed by atoms with Gasteiger partial charge in [-0.25, -0.2) is 14.6 Å². The Morgan fingerprint density at radius 2 is 2.00 bits per heavy atom. The van der Waals surface area contributed by atoms with Gasteiger partial charge in [0.2, 0.25) is 0 Å². The number of aromatic nitrogens is 5. The first-order valence-electron chi connectivity index (χ1n) is 9.41. The minimum atomic E-state index is -0.316. The molecule has 3 heterocycles. The lowest BCUT2D eigenvalue weighted by Gasteiger charge is -2.32. The van der Waals surface area contributed by atoms with E-state index in [1.807, 2.05) is 6.92 Å². The average molecular weight is 382 g/mol. The Morgan fingerprint density at radius 3 is 2.75 bits per heavy atom. The molecular weight excluding hydrogens is 360 g/mol. The number of hydrogen-bond donors (Lipinski definition) is 1. The highest BCUT2D eigenvalue weighted by atomic mass is 16.2. The minimum absolute atomic E-state index is 0.0134. The summed E-state index contributed by atoms with van der Waals surface area (Å²) < 4.78 is 3.00. The lowest BCUT2D eigenvalue weighted by molar-refractivity contribution is 0.0698. The summed E-state index contributed by atoms with van der Waals surface area (Å²) in [6, 6.07) is 6.96. The van der Waals surface area contributed by atoms with Crippen LogP contribution >= 0.6 is 0 Å². The van der Waals surface area contributed by atoms with E-state index in [1.54, 1.807) is 40.8 Å². The summed E-state index contributed by atoms with van der Waals surface area (Å²) >= 11 is 0. The topological polar surface area (TPSA) is 106 Å². The van der Waals surface area contributed by atoms with Crippen molar-refractivity contribution in [2.24, 2.45) is 7.05 Å². The van der Waals surface area contributed by atoms with Crippen molar-refractivity contribution >= 4 is 16.7 Å². The molecule has 4 rings (SSSR count). The Bertz CT molecular complexity index is 1160. The van der Waals surface area contributed by atoms with E-state index >= 15 is 0 Å². The van der Waals surface area contributed by atoms with Crippen LogP contribution in [0.25, 0.3) is 10.8 Å². The minimum Gasteiger partial charge on any atom is -0.337 e. The number of hydrogen-bond acceptors (Lipinski definition) is 5. The monoisotopic (exact) mass is 382 g/mol. The lowest BCUT2D eigenvalue weighted by Crippen LogP contribution is -2.40. The number of aromatic amines is 1. The highest BCUT2D eigenvalue weighted by Crippen LogP contribution is 2.26. The van der Waals surface area contributed by atoms with E-state index in [9.17, 15) is 14.4 Å². The maximum atomic E-state index is 13.2. The van der Waals surface area contributed by atoms with E-state index < -0.39 is 0 Å². The Hall–Kier alpha value is -3.23. The molecule has 9 nitrogen and oxygen atoms in total. The van der Waals surface area contributed by atoms with Gasteiger partial charge in [-0.15, -0.1) is 0 Å². The van der Waals surface area contributed by atoms with Crippen molar-refractivity contribution < 1.29 is 4.79 Å². The maximum Gasteiger partial charge on any atom is 0.345 e. The number of piperidine rings is 1. The highest BCUT2D eigenvalue weighted by Gasteiger charge is 2.30. The average Bonchev–Trinajstić information content (AvgIpc) is 3.02. The Morgan fingerprint density at radius 1 is 1.25 bits per heavy atom. The van der Waals surface area contributed by atoms with Crippen LogP contribution in [0.5, 0.6) is 0 Å². The largest absolute Gasteiger partial charge is 0.345 e. The quantitative estimate of drug-likeness (QED) is 0.723. The molecule has 0 unspecified atom stereocenters. The number of rotatable bonds is 3. The van der Waals surface area contributed by atoms with E-state index in [1.165, 1.54) is 4.68 Å². The van der Waals surface area contributed by atoms with Gasteiger partial charge in [0.1, 0.15) is 5.82 Å². The van der Waals surface area contributed by atoms with Crippen LogP contribution in [0, 0.1) is 0 Å². The standard InChI is InChI=1S/C19H22N6O3/c1-3-25-16(22-23(2)19(25)28)12-7-6-10-24(11-12)18(27)15-13-8-4-5-9-14(13)17(26)21-20-15/h4-5,8-9,12H,3,6-7,10-11H2,1-2H3,(H,21,26)/t12-/m1/s1. The van der Waals surface area contributed by atoms with Gasteiger partial charge >= 0.3 is 5.69 Å². The molecule has 146 valence electrons. The van der Waals surface area contributed by atoms with E-state index in [2.05, 4.69) is 15.3 Å². The van der Waals surface area contributed by atoms with Crippen LogP contribution in [0.3, 0.4) is 0 Å². The van der Waals surface area contributed by atoms with Crippen molar-refractivity contribution in [1.29, 1.82) is 0 Å². The zero-order chi connectivity index (χ0) is 19.8. The third kappa shape index (κ3) is 2.92. The fourth-order valence-corrected chi connectivity index (χ4v) is 3.92. The predicted molar refractivity (Wildman–Crippen MR) is 103 cm³/mol. The SMILES string of the molecule is CCn1c([C@@H]2CCCN(C(=O)c3n[nH]c(=O)c4ccccc34)C2)nn(C)c1=O. The number of benzene rings is 1. The summed E-state index contributed by atoms with van der Waals surface area (Å²) in [6.45, 7) is 3.52. The van der Waals surface area contributed by atoms with Crippen molar-refractivity contribution in [2.75, 3.05) is 13.1 Å². The van der Waals surface area contributed by atoms with Crippen molar-refractivity contribution in [3.05, 3.63) is 56.6 Å². The molecule has 3 aromatic rings. The molecular formula is C19H22N6O3. The maximum absolute atomic E-state index is 13.2. The summed E-state index contributed by atoms with van der Waals surface area (Å²) in [5.74, 6) is 0.478. The molecule has 0 bridgehead atoms. The molecule has 9 heteroatoms. The number of H-pyrrole nitrogens is 1. The molecule has 1 fully saturated rings. The molecule has 2 aromatic heterocycles. The van der Waals surface area contributed by atoms with Gasteiger partial charge in [-0.05, 0) is 25.8 Å². The van der Waals surface area contributed by atoms with Gasteiger partial charge in [0.15, 0.2) is 5.69 Å². The van der Waals surface area contributed by atoms with Crippen molar-refractivity contribution in [2.45, 2.75) is 32.2 Å². The van der Waals surface area contributed by atoms with Crippen molar-refractivity contribution in [1.82, 2.24) is 29.4 Å². The van der Waals surface area contributed by atoms with Gasteiger partial charge in [0.25, 0.3) is 11.5 Å². The first kappa shape index (κ1) is 18.1. The van der Waals surface area contributed by atoms with Crippen LogP contribution in [-0.4, -0.2) is 48.4 Å². The van der Waals surface area contributed by atoms with E-state index in [-0.39, 0.29) is 28.8 Å². The Labute approximate surface area is 160 Å². The van der Waals surface area contributed by atoms with Crippen LogP contribution in [-0.2, 0) is 13.6 Å². The number of carbonyl (C=O) groups is 1. The van der Waals surface area contributed by atoms with Crippen molar-refractivity contribution in [3.63, 3.8) is 0 Å². The summed E-state index contributed by atoms with van der Waals surface area (Å²) in [4.78, 5) is 39.1. The molecule has 0 radical (unpaired) electrons. The molecule has 28 heavy (non-hydrogen) atoms. The van der Waals surface area contributed by atoms with E-state index in [0.29, 0.717) is 36.2 Å². The van der Waals surface area contributed by atoms with Gasteiger partial charge in [-0.1, -0.05) is 18.2 Å². The highest BCUT2D eigenvalue weighted by molar-refractivity contribution is 6.04. The summed E-state index contributed by atoms with van der Waals surface area (Å²) in [5.41, 5.74) is -0.219. The third-order valence-corrected chi connectivity index (χ3v) is 5.33. The normalized spacial score (nSPS) is 17.2. The molecule has 1 saturated heterocycles. The van der Waals surface area contributed by atoms with E-state index in [0.717, 1.165) is 12.8 Å². The molecule has 1 atom stereocenters. The summed E-state index contributed by atoms with van der Waals surface area (Å²) in [5, 5.41) is 11.8. The van der Waals surface area contributed by atoms with Gasteiger partial charge in [0.05, 0.1) is 5.39 Å². The van der Waals surface area contributed by atoms with Crippen LogP contribution in [0.4, 0.5) is 0 Å². The van der Waals surface area contributed by atoms with Crippen LogP contribution in [0.1, 0.15) is 42.0 Å². The molecule has 1 aliphatic heterocycles. The fourth-order valence-electron chi connectivity index (χ4n) is 3.92. The number of carbonyl (C=O) groups excluding carboxylic acids is 1. The molecule has 1 aliphatic rings. The lowest BCUT2D eigenvalue weighted by atomic mass is 9.96. The fraction of sp³-hybridized carbons (Fsp3) is 0.421. The smallest absolute Gasteiger partial charge is 0.337 e. The number of nitrogens with zero attached hydrogens (tertiary/aromatic N) is 5. The second-order valence-corrected chi connectivity index (χ2v) is 7.05. The molecule has 1 amide bonds. The number of amides is 1. The predicted octanol–water partition coefficient (Wildman–Crippen LogP) is 0.858. The summed E-state index contributed by atoms with van der Waals surface area (Å²) in [6.07, 6.45) is 1.67. The number of likely N-dealkylation sites (tertiary alicyclic amines) is 1. The first-order chi connectivity index (χ1) is 13.5. The van der Waals surface area contributed by atoms with Crippen LogP contribution in [0.2, 0.25) is 0 Å². The Balaban J connectivity index is 1.67. The molecule has 1 N–H and O–H groups in total.